The average molecular weight is 487 g/mol. The maximum Gasteiger partial charge on any atom is 0.352 e. The summed E-state index contributed by atoms with van der Waals surface area (Å²) in [5.74, 6) is -1.01. The summed E-state index contributed by atoms with van der Waals surface area (Å²) in [6.07, 6.45) is 0. The van der Waals surface area contributed by atoms with Crippen LogP contribution in [0.3, 0.4) is 0 Å². The number of hydrogen-bond acceptors (Lipinski definition) is 4. The molecule has 7 nitrogen and oxygen atoms in total. The van der Waals surface area contributed by atoms with Gasteiger partial charge in [-0.3, -0.25) is 14.2 Å². The molecular formula is C28H27FN4O3. The molecule has 0 fully saturated rings. The number of carbonyl (C=O) groups excluding carboxylic acids is 1. The zero-order valence-corrected chi connectivity index (χ0v) is 20.3. The Kier molecular flexibility index (Phi) is 7.24. The van der Waals surface area contributed by atoms with Crippen molar-refractivity contribution >= 4 is 5.91 Å². The van der Waals surface area contributed by atoms with Crippen LogP contribution in [0.2, 0.25) is 0 Å². The average Bonchev–Trinajstić information content (AvgIpc) is 2.88. The van der Waals surface area contributed by atoms with E-state index >= 15 is 0 Å². The lowest BCUT2D eigenvalue weighted by atomic mass is 10.0. The van der Waals surface area contributed by atoms with Crippen molar-refractivity contribution in [2.75, 3.05) is 0 Å². The first-order valence-corrected chi connectivity index (χ1v) is 11.7. The molecule has 1 atom stereocenters. The van der Waals surface area contributed by atoms with Crippen LogP contribution in [0.15, 0.2) is 88.5 Å². The van der Waals surface area contributed by atoms with Crippen molar-refractivity contribution in [3.8, 4) is 5.69 Å². The first-order valence-electron chi connectivity index (χ1n) is 11.7. The lowest BCUT2D eigenvalue weighted by molar-refractivity contribution is 0.0930. The number of nitrogens with zero attached hydrogens (tertiary/aromatic N) is 3. The van der Waals surface area contributed by atoms with Crippen LogP contribution < -0.4 is 16.6 Å². The van der Waals surface area contributed by atoms with Crippen LogP contribution in [-0.2, 0) is 6.54 Å². The fraction of sp³-hybridized carbons (Fsp3) is 0.214. The van der Waals surface area contributed by atoms with E-state index in [0.29, 0.717) is 5.69 Å². The van der Waals surface area contributed by atoms with E-state index in [9.17, 15) is 18.8 Å². The summed E-state index contributed by atoms with van der Waals surface area (Å²) in [6, 6.07) is 21.8. The van der Waals surface area contributed by atoms with Crippen molar-refractivity contribution in [3.63, 3.8) is 0 Å². The Labute approximate surface area is 207 Å². The van der Waals surface area contributed by atoms with Gasteiger partial charge in [-0.05, 0) is 42.2 Å². The fourth-order valence-electron chi connectivity index (χ4n) is 3.85. The summed E-state index contributed by atoms with van der Waals surface area (Å²) in [4.78, 5) is 39.8. The summed E-state index contributed by atoms with van der Waals surface area (Å²) < 4.78 is 16.2. The van der Waals surface area contributed by atoms with Gasteiger partial charge in [-0.2, -0.15) is 9.78 Å². The van der Waals surface area contributed by atoms with Crippen LogP contribution in [0.1, 0.15) is 59.9 Å². The van der Waals surface area contributed by atoms with Gasteiger partial charge in [0.05, 0.1) is 18.3 Å². The van der Waals surface area contributed by atoms with Gasteiger partial charge in [-0.25, -0.2) is 9.18 Å². The van der Waals surface area contributed by atoms with E-state index in [1.165, 1.54) is 18.2 Å². The predicted octanol–water partition coefficient (Wildman–Crippen LogP) is 4.20. The molecule has 3 aromatic carbocycles. The maximum atomic E-state index is 14.4. The molecule has 1 amide bonds. The number of rotatable bonds is 7. The zero-order chi connectivity index (χ0) is 25.8. The van der Waals surface area contributed by atoms with Gasteiger partial charge in [0.15, 0.2) is 0 Å². The van der Waals surface area contributed by atoms with E-state index in [4.69, 9.17) is 0 Å². The minimum absolute atomic E-state index is 0.147. The molecule has 0 aliphatic carbocycles. The number of aromatic nitrogens is 3. The van der Waals surface area contributed by atoms with Gasteiger partial charge in [0.25, 0.3) is 11.5 Å². The van der Waals surface area contributed by atoms with E-state index in [2.05, 4.69) is 10.4 Å². The molecule has 1 aromatic heterocycles. The Balaban J connectivity index is 1.82. The summed E-state index contributed by atoms with van der Waals surface area (Å²) in [7, 11) is 0. The molecule has 8 heteroatoms. The lowest BCUT2D eigenvalue weighted by Gasteiger charge is -2.16. The zero-order valence-electron chi connectivity index (χ0n) is 20.3. The minimum Gasteiger partial charge on any atom is -0.344 e. The van der Waals surface area contributed by atoms with Crippen LogP contribution >= 0.6 is 0 Å². The SMILES string of the molecule is CC(C)c1ccc(-n2nc(C(=O)NC(C)c3ccccc3)c(=O)n(Cc3ccccc3F)c2=O)cc1. The lowest BCUT2D eigenvalue weighted by Crippen LogP contribution is -2.46. The van der Waals surface area contributed by atoms with E-state index in [-0.39, 0.29) is 18.0 Å². The van der Waals surface area contributed by atoms with E-state index in [1.807, 2.05) is 56.3 Å². The second-order valence-corrected chi connectivity index (χ2v) is 8.88. The largest absolute Gasteiger partial charge is 0.352 e. The summed E-state index contributed by atoms with van der Waals surface area (Å²) in [5, 5.41) is 6.93. The smallest absolute Gasteiger partial charge is 0.344 e. The van der Waals surface area contributed by atoms with Gasteiger partial charge in [-0.15, -0.1) is 0 Å². The highest BCUT2D eigenvalue weighted by Crippen LogP contribution is 2.16. The Bertz CT molecular complexity index is 1490. The molecule has 1 unspecified atom stereocenters. The third-order valence-corrected chi connectivity index (χ3v) is 6.01. The van der Waals surface area contributed by atoms with Gasteiger partial charge in [0.1, 0.15) is 5.82 Å². The first kappa shape index (κ1) is 24.8. The van der Waals surface area contributed by atoms with Crippen molar-refractivity contribution in [1.29, 1.82) is 0 Å². The topological polar surface area (TPSA) is 86.0 Å². The maximum absolute atomic E-state index is 14.4. The number of amides is 1. The number of halogens is 1. The first-order chi connectivity index (χ1) is 17.3. The predicted molar refractivity (Wildman–Crippen MR) is 136 cm³/mol. The minimum atomic E-state index is -0.893. The standard InChI is InChI=1S/C28H27FN4O3/c1-18(2)20-13-15-23(16-14-20)33-28(36)32(17-22-11-7-8-12-24(22)29)27(35)25(31-33)26(34)30-19(3)21-9-5-4-6-10-21/h4-16,18-19H,17H2,1-3H3,(H,30,34). The molecule has 36 heavy (non-hydrogen) atoms. The van der Waals surface area contributed by atoms with Crippen LogP contribution in [0.4, 0.5) is 4.39 Å². The second-order valence-electron chi connectivity index (χ2n) is 8.88. The third-order valence-electron chi connectivity index (χ3n) is 6.01. The molecule has 1 heterocycles. The van der Waals surface area contributed by atoms with E-state index in [1.54, 1.807) is 25.1 Å². The second kappa shape index (κ2) is 10.5. The molecule has 4 rings (SSSR count). The monoisotopic (exact) mass is 486 g/mol. The van der Waals surface area contributed by atoms with Crippen LogP contribution in [0, 0.1) is 5.82 Å². The third kappa shape index (κ3) is 5.17. The molecule has 0 aliphatic heterocycles. The molecule has 184 valence electrons. The Morgan fingerprint density at radius 2 is 1.53 bits per heavy atom. The summed E-state index contributed by atoms with van der Waals surface area (Å²) in [5.41, 5.74) is 0.313. The van der Waals surface area contributed by atoms with Crippen molar-refractivity contribution < 1.29 is 9.18 Å². The van der Waals surface area contributed by atoms with Crippen molar-refractivity contribution in [3.05, 3.63) is 128 Å². The van der Waals surface area contributed by atoms with Gasteiger partial charge < -0.3 is 5.32 Å². The van der Waals surface area contributed by atoms with Crippen LogP contribution in [0.5, 0.6) is 0 Å². The highest BCUT2D eigenvalue weighted by molar-refractivity contribution is 5.92. The Morgan fingerprint density at radius 3 is 2.17 bits per heavy atom. The van der Waals surface area contributed by atoms with Crippen molar-refractivity contribution in [2.45, 2.75) is 39.3 Å². The molecule has 0 spiro atoms. The van der Waals surface area contributed by atoms with Gasteiger partial charge in [0, 0.05) is 5.56 Å². The molecule has 0 radical (unpaired) electrons. The number of carbonyl (C=O) groups is 1. The van der Waals surface area contributed by atoms with Gasteiger partial charge in [-0.1, -0.05) is 74.5 Å². The molecule has 0 saturated heterocycles. The van der Waals surface area contributed by atoms with Crippen molar-refractivity contribution in [1.82, 2.24) is 19.7 Å². The van der Waals surface area contributed by atoms with E-state index in [0.717, 1.165) is 20.4 Å². The molecule has 0 saturated carbocycles. The number of nitrogens with one attached hydrogen (secondary N) is 1. The van der Waals surface area contributed by atoms with Gasteiger partial charge >= 0.3 is 5.69 Å². The fourth-order valence-corrected chi connectivity index (χ4v) is 3.85. The number of benzene rings is 3. The molecule has 0 bridgehead atoms. The van der Waals surface area contributed by atoms with E-state index < -0.39 is 34.7 Å². The molecular weight excluding hydrogens is 459 g/mol. The normalized spacial score (nSPS) is 11.9. The van der Waals surface area contributed by atoms with Crippen LogP contribution in [0.25, 0.3) is 5.69 Å². The van der Waals surface area contributed by atoms with Crippen LogP contribution in [-0.4, -0.2) is 20.3 Å². The van der Waals surface area contributed by atoms with Gasteiger partial charge in [0.2, 0.25) is 5.69 Å². The molecule has 1 N–H and O–H groups in total. The highest BCUT2D eigenvalue weighted by Gasteiger charge is 2.22. The molecule has 4 aromatic rings. The summed E-state index contributed by atoms with van der Waals surface area (Å²) in [6.45, 7) is 5.53. The number of hydrogen-bond donors (Lipinski definition) is 1. The Morgan fingerprint density at radius 1 is 0.889 bits per heavy atom. The summed E-state index contributed by atoms with van der Waals surface area (Å²) >= 11 is 0. The Hall–Kier alpha value is -4.33. The molecule has 0 aliphatic rings. The van der Waals surface area contributed by atoms with Crippen molar-refractivity contribution in [2.24, 2.45) is 0 Å². The highest BCUT2D eigenvalue weighted by atomic mass is 19.1. The quantitative estimate of drug-likeness (QED) is 0.424.